The Morgan fingerprint density at radius 1 is 1.17 bits per heavy atom. The quantitative estimate of drug-likeness (QED) is 0.865. The van der Waals surface area contributed by atoms with Crippen molar-refractivity contribution >= 4 is 11.6 Å². The molecule has 1 fully saturated rings. The monoisotopic (exact) mass is 328 g/mol. The summed E-state index contributed by atoms with van der Waals surface area (Å²) >= 11 is 0. The topological polar surface area (TPSA) is 32.8 Å². The Balaban J connectivity index is 1.74. The van der Waals surface area contributed by atoms with Crippen LogP contribution in [-0.2, 0) is 11.3 Å². The van der Waals surface area contributed by atoms with E-state index in [1.165, 1.54) is 6.07 Å². The largest absolute Gasteiger partial charge is 0.497 e. The maximum atomic E-state index is 14.0. The number of hydrogen-bond acceptors (Lipinski definition) is 3. The van der Waals surface area contributed by atoms with Gasteiger partial charge in [0.2, 0.25) is 5.91 Å². The lowest BCUT2D eigenvalue weighted by atomic mass is 10.1. The highest BCUT2D eigenvalue weighted by atomic mass is 19.1. The van der Waals surface area contributed by atoms with Crippen LogP contribution in [0.3, 0.4) is 0 Å². The van der Waals surface area contributed by atoms with Crippen molar-refractivity contribution in [2.75, 3.05) is 25.1 Å². The number of carbonyl (C=O) groups excluding carboxylic acids is 1. The molecule has 1 atom stereocenters. The zero-order valence-electron chi connectivity index (χ0n) is 13.9. The number of ether oxygens (including phenoxy) is 1. The molecular weight excluding hydrogens is 307 g/mol. The van der Waals surface area contributed by atoms with E-state index in [1.54, 1.807) is 30.2 Å². The summed E-state index contributed by atoms with van der Waals surface area (Å²) in [7, 11) is 1.64. The van der Waals surface area contributed by atoms with E-state index in [9.17, 15) is 9.18 Å². The van der Waals surface area contributed by atoms with E-state index >= 15 is 0 Å². The Morgan fingerprint density at radius 2 is 1.96 bits per heavy atom. The van der Waals surface area contributed by atoms with Crippen molar-refractivity contribution in [1.29, 1.82) is 0 Å². The fourth-order valence-electron chi connectivity index (χ4n) is 3.05. The third kappa shape index (κ3) is 3.26. The number of para-hydroxylation sites is 1. The van der Waals surface area contributed by atoms with E-state index in [-0.39, 0.29) is 17.8 Å². The molecule has 0 aromatic heterocycles. The summed E-state index contributed by atoms with van der Waals surface area (Å²) in [5, 5.41) is 0. The van der Waals surface area contributed by atoms with Crippen molar-refractivity contribution in [2.24, 2.45) is 0 Å². The minimum atomic E-state index is -0.362. The van der Waals surface area contributed by atoms with Crippen LogP contribution in [0, 0.1) is 5.82 Å². The number of amides is 1. The molecule has 0 radical (unpaired) electrons. The molecule has 0 spiro atoms. The molecule has 1 amide bonds. The van der Waals surface area contributed by atoms with Gasteiger partial charge >= 0.3 is 0 Å². The highest BCUT2D eigenvalue weighted by molar-refractivity contribution is 5.97. The van der Waals surface area contributed by atoms with Gasteiger partial charge < -0.3 is 9.64 Å². The summed E-state index contributed by atoms with van der Waals surface area (Å²) in [6.07, 6.45) is 0. The van der Waals surface area contributed by atoms with Crippen molar-refractivity contribution in [2.45, 2.75) is 19.5 Å². The van der Waals surface area contributed by atoms with Gasteiger partial charge in [-0.05, 0) is 36.8 Å². The molecule has 1 saturated heterocycles. The van der Waals surface area contributed by atoms with Gasteiger partial charge in [-0.3, -0.25) is 9.69 Å². The predicted molar refractivity (Wildman–Crippen MR) is 91.6 cm³/mol. The Labute approximate surface area is 141 Å². The zero-order valence-corrected chi connectivity index (χ0v) is 13.9. The number of piperazine rings is 1. The van der Waals surface area contributed by atoms with E-state index in [0.717, 1.165) is 11.3 Å². The molecule has 2 aromatic rings. The van der Waals surface area contributed by atoms with Gasteiger partial charge in [0.15, 0.2) is 0 Å². The number of rotatable bonds is 4. The summed E-state index contributed by atoms with van der Waals surface area (Å²) in [5.74, 6) is 0.366. The van der Waals surface area contributed by atoms with Gasteiger partial charge in [-0.15, -0.1) is 0 Å². The van der Waals surface area contributed by atoms with E-state index in [2.05, 4.69) is 4.90 Å². The first-order valence-corrected chi connectivity index (χ1v) is 8.03. The number of hydrogen-bond donors (Lipinski definition) is 0. The molecule has 1 heterocycles. The molecule has 126 valence electrons. The van der Waals surface area contributed by atoms with Crippen LogP contribution in [-0.4, -0.2) is 37.0 Å². The first-order chi connectivity index (χ1) is 11.6. The number of benzene rings is 2. The van der Waals surface area contributed by atoms with Crippen LogP contribution in [0.15, 0.2) is 48.5 Å². The Bertz CT molecular complexity index is 735. The Morgan fingerprint density at radius 3 is 2.71 bits per heavy atom. The molecule has 0 bridgehead atoms. The molecule has 2 aromatic carbocycles. The summed E-state index contributed by atoms with van der Waals surface area (Å²) in [5.41, 5.74) is 1.45. The molecule has 24 heavy (non-hydrogen) atoms. The Hall–Kier alpha value is -2.40. The average molecular weight is 328 g/mol. The van der Waals surface area contributed by atoms with Crippen LogP contribution in [0.4, 0.5) is 10.1 Å². The summed E-state index contributed by atoms with van der Waals surface area (Å²) < 4.78 is 19.2. The summed E-state index contributed by atoms with van der Waals surface area (Å²) in [6, 6.07) is 13.9. The van der Waals surface area contributed by atoms with Crippen molar-refractivity contribution in [1.82, 2.24) is 4.90 Å². The first-order valence-electron chi connectivity index (χ1n) is 8.03. The number of carbonyl (C=O) groups is 1. The zero-order chi connectivity index (χ0) is 17.1. The van der Waals surface area contributed by atoms with Gasteiger partial charge in [0, 0.05) is 19.6 Å². The lowest BCUT2D eigenvalue weighted by Crippen LogP contribution is -2.55. The van der Waals surface area contributed by atoms with Crippen LogP contribution in [0.5, 0.6) is 5.75 Å². The van der Waals surface area contributed by atoms with Gasteiger partial charge in [0.25, 0.3) is 0 Å². The van der Waals surface area contributed by atoms with Crippen LogP contribution >= 0.6 is 0 Å². The van der Waals surface area contributed by atoms with Gasteiger partial charge in [-0.1, -0.05) is 24.3 Å². The lowest BCUT2D eigenvalue weighted by Gasteiger charge is -2.39. The first kappa shape index (κ1) is 16.5. The molecule has 0 saturated carbocycles. The number of nitrogens with zero attached hydrogens (tertiary/aromatic N) is 2. The number of anilines is 1. The molecule has 5 heteroatoms. The molecule has 0 aliphatic carbocycles. The molecular formula is C19H21FN2O2. The number of methoxy groups -OCH3 is 1. The van der Waals surface area contributed by atoms with Gasteiger partial charge in [-0.25, -0.2) is 4.39 Å². The smallest absolute Gasteiger partial charge is 0.244 e. The third-order valence-electron chi connectivity index (χ3n) is 4.45. The van der Waals surface area contributed by atoms with Crippen LogP contribution < -0.4 is 9.64 Å². The molecule has 1 aliphatic rings. The standard InChI is InChI=1S/C19H21FN2O2/c1-14-19(23)22(18-9-4-3-8-17(18)20)11-10-21(14)13-15-6-5-7-16(12-15)24-2/h3-9,12,14H,10-11,13H2,1-2H3. The fraction of sp³-hybridized carbons (Fsp3) is 0.316. The minimum Gasteiger partial charge on any atom is -0.497 e. The van der Waals surface area contributed by atoms with Crippen LogP contribution in [0.25, 0.3) is 0 Å². The van der Waals surface area contributed by atoms with Crippen LogP contribution in [0.2, 0.25) is 0 Å². The maximum Gasteiger partial charge on any atom is 0.244 e. The summed E-state index contributed by atoms with van der Waals surface area (Å²) in [6.45, 7) is 3.71. The average Bonchev–Trinajstić information content (AvgIpc) is 2.60. The van der Waals surface area contributed by atoms with E-state index in [0.29, 0.717) is 25.3 Å². The van der Waals surface area contributed by atoms with E-state index < -0.39 is 0 Å². The number of halogens is 1. The van der Waals surface area contributed by atoms with Crippen molar-refractivity contribution < 1.29 is 13.9 Å². The van der Waals surface area contributed by atoms with Crippen molar-refractivity contribution in [3.05, 3.63) is 59.9 Å². The predicted octanol–water partition coefficient (Wildman–Crippen LogP) is 3.07. The second-order valence-electron chi connectivity index (χ2n) is 5.94. The molecule has 1 unspecified atom stereocenters. The molecule has 3 rings (SSSR count). The third-order valence-corrected chi connectivity index (χ3v) is 4.45. The highest BCUT2D eigenvalue weighted by Crippen LogP contribution is 2.24. The molecule has 1 aliphatic heterocycles. The lowest BCUT2D eigenvalue weighted by molar-refractivity contribution is -0.125. The second-order valence-corrected chi connectivity index (χ2v) is 5.94. The second kappa shape index (κ2) is 7.01. The van der Waals surface area contributed by atoms with Crippen molar-refractivity contribution in [3.8, 4) is 5.75 Å². The van der Waals surface area contributed by atoms with Crippen molar-refractivity contribution in [3.63, 3.8) is 0 Å². The molecule has 4 nitrogen and oxygen atoms in total. The van der Waals surface area contributed by atoms with Gasteiger partial charge in [0.1, 0.15) is 11.6 Å². The summed E-state index contributed by atoms with van der Waals surface area (Å²) in [4.78, 5) is 16.3. The van der Waals surface area contributed by atoms with E-state index in [1.807, 2.05) is 31.2 Å². The maximum absolute atomic E-state index is 14.0. The van der Waals surface area contributed by atoms with Gasteiger partial charge in [-0.2, -0.15) is 0 Å². The SMILES string of the molecule is COc1cccc(CN2CCN(c3ccccc3F)C(=O)C2C)c1. The Kier molecular flexibility index (Phi) is 4.81. The normalized spacial score (nSPS) is 18.7. The van der Waals surface area contributed by atoms with E-state index in [4.69, 9.17) is 4.74 Å². The minimum absolute atomic E-state index is 0.0748. The molecule has 0 N–H and O–H groups in total. The fourth-order valence-corrected chi connectivity index (χ4v) is 3.05. The van der Waals surface area contributed by atoms with Crippen LogP contribution in [0.1, 0.15) is 12.5 Å². The van der Waals surface area contributed by atoms with Gasteiger partial charge in [0.05, 0.1) is 18.8 Å². The highest BCUT2D eigenvalue weighted by Gasteiger charge is 2.33.